The van der Waals surface area contributed by atoms with Crippen LogP contribution in [0.1, 0.15) is 32.0 Å². The molecule has 0 bridgehead atoms. The summed E-state index contributed by atoms with van der Waals surface area (Å²) in [5, 5.41) is 4.34. The van der Waals surface area contributed by atoms with E-state index in [4.69, 9.17) is 14.5 Å². The van der Waals surface area contributed by atoms with Gasteiger partial charge in [0.2, 0.25) is 5.88 Å². The summed E-state index contributed by atoms with van der Waals surface area (Å²) in [6.07, 6.45) is 6.04. The zero-order valence-corrected chi connectivity index (χ0v) is 16.6. The first kappa shape index (κ1) is 19.8. The van der Waals surface area contributed by atoms with Crippen LogP contribution in [-0.4, -0.2) is 35.2 Å². The standard InChI is InChI=1S/C22H26N4O2/c1-5-7-11-28-22-21-16(9-8-10-24-21)12-19(26-22)17-13-18(15(3)23-6-2)25-14-20(17)27-4/h5,8-10,12-15,23H,1,6-7,11H2,2-4H3/t15-/m1/s1. The Kier molecular flexibility index (Phi) is 6.55. The molecule has 28 heavy (non-hydrogen) atoms. The van der Waals surface area contributed by atoms with Crippen molar-refractivity contribution >= 4 is 10.9 Å². The number of methoxy groups -OCH3 is 1. The lowest BCUT2D eigenvalue weighted by Crippen LogP contribution is -2.18. The second-order valence-corrected chi connectivity index (χ2v) is 6.40. The molecule has 0 unspecified atom stereocenters. The van der Waals surface area contributed by atoms with Gasteiger partial charge in [-0.3, -0.25) is 9.97 Å². The minimum atomic E-state index is 0.125. The Morgan fingerprint density at radius 2 is 2.14 bits per heavy atom. The van der Waals surface area contributed by atoms with Gasteiger partial charge in [-0.2, -0.15) is 0 Å². The number of hydrogen-bond donors (Lipinski definition) is 1. The van der Waals surface area contributed by atoms with Gasteiger partial charge >= 0.3 is 0 Å². The average molecular weight is 378 g/mol. The third-order valence-corrected chi connectivity index (χ3v) is 4.45. The van der Waals surface area contributed by atoms with Gasteiger partial charge in [-0.1, -0.05) is 19.1 Å². The third kappa shape index (κ3) is 4.28. The molecule has 3 rings (SSSR count). The summed E-state index contributed by atoms with van der Waals surface area (Å²) in [5.41, 5.74) is 3.30. The van der Waals surface area contributed by atoms with Crippen molar-refractivity contribution in [3.8, 4) is 22.9 Å². The normalized spacial score (nSPS) is 12.0. The Bertz CT molecular complexity index is 958. The van der Waals surface area contributed by atoms with E-state index in [2.05, 4.69) is 35.7 Å². The predicted octanol–water partition coefficient (Wildman–Crippen LogP) is 4.33. The van der Waals surface area contributed by atoms with Crippen molar-refractivity contribution in [1.29, 1.82) is 0 Å². The highest BCUT2D eigenvalue weighted by molar-refractivity contribution is 5.87. The first-order chi connectivity index (χ1) is 13.7. The van der Waals surface area contributed by atoms with Crippen LogP contribution in [0.2, 0.25) is 0 Å². The SMILES string of the molecule is C=CCCOc1nc(-c2cc([C@@H](C)NCC)ncc2OC)cc2cccnc12. The molecule has 146 valence electrons. The fourth-order valence-electron chi connectivity index (χ4n) is 3.00. The number of nitrogens with one attached hydrogen (secondary N) is 1. The number of rotatable bonds is 9. The van der Waals surface area contributed by atoms with Crippen molar-refractivity contribution in [2.45, 2.75) is 26.3 Å². The Labute approximate surface area is 165 Å². The van der Waals surface area contributed by atoms with Crippen LogP contribution in [0.5, 0.6) is 11.6 Å². The molecule has 6 nitrogen and oxygen atoms in total. The highest BCUT2D eigenvalue weighted by atomic mass is 16.5. The van der Waals surface area contributed by atoms with E-state index in [1.54, 1.807) is 19.5 Å². The molecule has 0 radical (unpaired) electrons. The van der Waals surface area contributed by atoms with Gasteiger partial charge in [-0.05, 0) is 38.1 Å². The molecule has 0 fully saturated rings. The second kappa shape index (κ2) is 9.28. The molecule has 0 amide bonds. The minimum Gasteiger partial charge on any atom is -0.494 e. The number of fused-ring (bicyclic) bond motifs is 1. The van der Waals surface area contributed by atoms with Crippen molar-refractivity contribution in [2.24, 2.45) is 0 Å². The fraction of sp³-hybridized carbons (Fsp3) is 0.318. The van der Waals surface area contributed by atoms with Gasteiger partial charge in [0.25, 0.3) is 0 Å². The first-order valence-electron chi connectivity index (χ1n) is 9.45. The summed E-state index contributed by atoms with van der Waals surface area (Å²) < 4.78 is 11.5. The van der Waals surface area contributed by atoms with Crippen LogP contribution in [0.25, 0.3) is 22.2 Å². The molecule has 0 aliphatic rings. The molecule has 0 saturated carbocycles. The molecule has 0 spiro atoms. The lowest BCUT2D eigenvalue weighted by atomic mass is 10.1. The maximum Gasteiger partial charge on any atom is 0.241 e. The number of hydrogen-bond acceptors (Lipinski definition) is 6. The van der Waals surface area contributed by atoms with Crippen molar-refractivity contribution < 1.29 is 9.47 Å². The van der Waals surface area contributed by atoms with Crippen LogP contribution in [0.15, 0.2) is 49.3 Å². The quantitative estimate of drug-likeness (QED) is 0.442. The molecule has 0 aromatic carbocycles. The summed E-state index contributed by atoms with van der Waals surface area (Å²) in [6.45, 7) is 9.27. The Morgan fingerprint density at radius 3 is 2.89 bits per heavy atom. The second-order valence-electron chi connectivity index (χ2n) is 6.40. The topological polar surface area (TPSA) is 69.2 Å². The van der Waals surface area contributed by atoms with E-state index in [0.29, 0.717) is 18.2 Å². The van der Waals surface area contributed by atoms with Crippen molar-refractivity contribution in [1.82, 2.24) is 20.3 Å². The maximum atomic E-state index is 5.90. The van der Waals surface area contributed by atoms with Crippen molar-refractivity contribution in [3.05, 3.63) is 55.0 Å². The van der Waals surface area contributed by atoms with E-state index in [1.165, 1.54) is 0 Å². The zero-order valence-electron chi connectivity index (χ0n) is 16.6. The van der Waals surface area contributed by atoms with Gasteiger partial charge in [0.05, 0.1) is 31.3 Å². The summed E-state index contributed by atoms with van der Waals surface area (Å²) >= 11 is 0. The van der Waals surface area contributed by atoms with Gasteiger partial charge in [0.15, 0.2) is 0 Å². The Balaban J connectivity index is 2.11. The maximum absolute atomic E-state index is 5.90. The molecule has 1 atom stereocenters. The van der Waals surface area contributed by atoms with Gasteiger partial charge in [0.1, 0.15) is 11.3 Å². The molecular formula is C22H26N4O2. The van der Waals surface area contributed by atoms with Crippen LogP contribution in [0.4, 0.5) is 0 Å². The summed E-state index contributed by atoms with van der Waals surface area (Å²) in [5.74, 6) is 1.18. The number of ether oxygens (including phenoxy) is 2. The molecule has 0 aliphatic heterocycles. The van der Waals surface area contributed by atoms with Gasteiger partial charge in [0, 0.05) is 23.2 Å². The first-order valence-corrected chi connectivity index (χ1v) is 9.45. The van der Waals surface area contributed by atoms with Crippen LogP contribution < -0.4 is 14.8 Å². The molecule has 6 heteroatoms. The molecule has 3 aromatic heterocycles. The smallest absolute Gasteiger partial charge is 0.241 e. The van der Waals surface area contributed by atoms with Gasteiger partial charge in [-0.15, -0.1) is 6.58 Å². The monoisotopic (exact) mass is 378 g/mol. The van der Waals surface area contributed by atoms with E-state index in [0.717, 1.165) is 40.8 Å². The lowest BCUT2D eigenvalue weighted by molar-refractivity contribution is 0.316. The van der Waals surface area contributed by atoms with E-state index in [-0.39, 0.29) is 6.04 Å². The molecular weight excluding hydrogens is 352 g/mol. The average Bonchev–Trinajstić information content (AvgIpc) is 2.73. The van der Waals surface area contributed by atoms with Crippen LogP contribution in [0.3, 0.4) is 0 Å². The summed E-state index contributed by atoms with van der Waals surface area (Å²) in [6, 6.07) is 8.05. The van der Waals surface area contributed by atoms with Crippen molar-refractivity contribution in [3.63, 3.8) is 0 Å². The fourth-order valence-corrected chi connectivity index (χ4v) is 3.00. The predicted molar refractivity (Wildman–Crippen MR) is 112 cm³/mol. The highest BCUT2D eigenvalue weighted by Crippen LogP contribution is 2.34. The Hall–Kier alpha value is -2.99. The van der Waals surface area contributed by atoms with Crippen LogP contribution in [-0.2, 0) is 0 Å². The largest absolute Gasteiger partial charge is 0.494 e. The van der Waals surface area contributed by atoms with E-state index in [9.17, 15) is 0 Å². The Morgan fingerprint density at radius 1 is 1.29 bits per heavy atom. The van der Waals surface area contributed by atoms with Crippen LogP contribution in [0, 0.1) is 0 Å². The third-order valence-electron chi connectivity index (χ3n) is 4.45. The highest BCUT2D eigenvalue weighted by Gasteiger charge is 2.16. The number of nitrogens with zero attached hydrogens (tertiary/aromatic N) is 3. The minimum absolute atomic E-state index is 0.125. The number of aromatic nitrogens is 3. The van der Waals surface area contributed by atoms with E-state index >= 15 is 0 Å². The van der Waals surface area contributed by atoms with E-state index < -0.39 is 0 Å². The zero-order chi connectivity index (χ0) is 19.9. The van der Waals surface area contributed by atoms with Crippen molar-refractivity contribution in [2.75, 3.05) is 20.3 Å². The number of pyridine rings is 3. The summed E-state index contributed by atoms with van der Waals surface area (Å²) in [4.78, 5) is 13.7. The summed E-state index contributed by atoms with van der Waals surface area (Å²) in [7, 11) is 1.64. The van der Waals surface area contributed by atoms with Crippen LogP contribution >= 0.6 is 0 Å². The molecule has 0 saturated heterocycles. The van der Waals surface area contributed by atoms with Gasteiger partial charge < -0.3 is 14.8 Å². The molecule has 3 heterocycles. The van der Waals surface area contributed by atoms with E-state index in [1.807, 2.05) is 30.3 Å². The molecule has 0 aliphatic carbocycles. The lowest BCUT2D eigenvalue weighted by Gasteiger charge is -2.16. The molecule has 3 aromatic rings. The van der Waals surface area contributed by atoms with Gasteiger partial charge in [-0.25, -0.2) is 4.98 Å². The molecule has 1 N–H and O–H groups in total.